The molecule has 1 aliphatic rings. The lowest BCUT2D eigenvalue weighted by molar-refractivity contribution is 0.0187. The monoisotopic (exact) mass is 228 g/mol. The molecule has 0 spiro atoms. The van der Waals surface area contributed by atoms with E-state index in [0.29, 0.717) is 12.5 Å². The van der Waals surface area contributed by atoms with E-state index >= 15 is 0 Å². The molecule has 1 rings (SSSR count). The number of rotatable bonds is 2. The number of likely N-dealkylation sites (tertiary alicyclic amines) is 1. The Morgan fingerprint density at radius 3 is 2.69 bits per heavy atom. The van der Waals surface area contributed by atoms with Crippen molar-refractivity contribution < 1.29 is 9.53 Å². The number of nitrogens with two attached hydrogens (primary N) is 1. The second-order valence-corrected chi connectivity index (χ2v) is 5.60. The van der Waals surface area contributed by atoms with Crippen molar-refractivity contribution in [3.05, 3.63) is 0 Å². The molecule has 16 heavy (non-hydrogen) atoms. The van der Waals surface area contributed by atoms with Crippen LogP contribution in [0.5, 0.6) is 0 Å². The molecule has 1 saturated heterocycles. The minimum Gasteiger partial charge on any atom is -0.444 e. The average molecular weight is 228 g/mol. The first-order chi connectivity index (χ1) is 7.35. The Bertz CT molecular complexity index is 248. The van der Waals surface area contributed by atoms with E-state index in [1.807, 2.05) is 25.7 Å². The molecule has 2 atom stereocenters. The van der Waals surface area contributed by atoms with Gasteiger partial charge in [0.25, 0.3) is 0 Å². The van der Waals surface area contributed by atoms with E-state index < -0.39 is 5.60 Å². The molecule has 1 amide bonds. The van der Waals surface area contributed by atoms with Crippen molar-refractivity contribution in [3.63, 3.8) is 0 Å². The molecule has 4 heteroatoms. The number of amides is 1. The molecule has 0 aromatic rings. The summed E-state index contributed by atoms with van der Waals surface area (Å²) in [5.41, 5.74) is 5.24. The normalized spacial score (nSPS) is 23.3. The molecule has 0 radical (unpaired) electrons. The van der Waals surface area contributed by atoms with Crippen molar-refractivity contribution >= 4 is 6.09 Å². The molecule has 0 saturated carbocycles. The third kappa shape index (κ3) is 3.37. The Hall–Kier alpha value is -0.770. The molecule has 0 aliphatic carbocycles. The number of carbonyl (C=O) groups is 1. The van der Waals surface area contributed by atoms with Crippen LogP contribution in [0.15, 0.2) is 0 Å². The minimum atomic E-state index is -0.420. The molecule has 4 nitrogen and oxygen atoms in total. The predicted octanol–water partition coefficient (Wildman–Crippen LogP) is 1.98. The largest absolute Gasteiger partial charge is 0.444 e. The fourth-order valence-corrected chi connectivity index (χ4v) is 2.09. The quantitative estimate of drug-likeness (QED) is 0.786. The predicted molar refractivity (Wildman–Crippen MR) is 64.2 cm³/mol. The summed E-state index contributed by atoms with van der Waals surface area (Å²) < 4.78 is 5.39. The summed E-state index contributed by atoms with van der Waals surface area (Å²) in [6.45, 7) is 9.17. The summed E-state index contributed by atoms with van der Waals surface area (Å²) in [5, 5.41) is 0. The van der Waals surface area contributed by atoms with Gasteiger partial charge >= 0.3 is 6.09 Å². The number of nitrogens with zero attached hydrogens (tertiary/aromatic N) is 1. The minimum absolute atomic E-state index is 0.199. The average Bonchev–Trinajstić information content (AvgIpc) is 2.62. The Kier molecular flexibility index (Phi) is 4.19. The molecular weight excluding hydrogens is 204 g/mol. The van der Waals surface area contributed by atoms with E-state index in [2.05, 4.69) is 6.92 Å². The number of hydrogen-bond donors (Lipinski definition) is 1. The van der Waals surface area contributed by atoms with Crippen molar-refractivity contribution in [2.24, 2.45) is 11.7 Å². The number of ether oxygens (including phenoxy) is 1. The fraction of sp³-hybridized carbons (Fsp3) is 0.917. The molecule has 1 unspecified atom stereocenters. The maximum atomic E-state index is 12.0. The molecule has 1 fully saturated rings. The van der Waals surface area contributed by atoms with Gasteiger partial charge in [-0.1, -0.05) is 6.92 Å². The molecule has 0 bridgehead atoms. The summed E-state index contributed by atoms with van der Waals surface area (Å²) in [6.07, 6.45) is 1.89. The Labute approximate surface area is 98.1 Å². The van der Waals surface area contributed by atoms with Crippen LogP contribution in [0.2, 0.25) is 0 Å². The lowest BCUT2D eigenvalue weighted by Crippen LogP contribution is -2.44. The molecule has 2 N–H and O–H groups in total. The molecule has 0 aromatic carbocycles. The van der Waals surface area contributed by atoms with Crippen LogP contribution < -0.4 is 5.73 Å². The van der Waals surface area contributed by atoms with Crippen molar-refractivity contribution in [2.45, 2.75) is 52.2 Å². The third-order valence-corrected chi connectivity index (χ3v) is 2.96. The van der Waals surface area contributed by atoms with Gasteiger partial charge in [0.05, 0.1) is 0 Å². The lowest BCUT2D eigenvalue weighted by Gasteiger charge is -2.31. The molecule has 94 valence electrons. The summed E-state index contributed by atoms with van der Waals surface area (Å²) in [4.78, 5) is 13.8. The van der Waals surface area contributed by atoms with E-state index in [9.17, 15) is 4.79 Å². The molecule has 0 aromatic heterocycles. The molecule has 1 heterocycles. The van der Waals surface area contributed by atoms with Gasteiger partial charge in [-0.15, -0.1) is 0 Å². The van der Waals surface area contributed by atoms with E-state index in [-0.39, 0.29) is 12.1 Å². The first-order valence-corrected chi connectivity index (χ1v) is 6.05. The third-order valence-electron chi connectivity index (χ3n) is 2.96. The summed E-state index contributed by atoms with van der Waals surface area (Å²) in [6, 6.07) is 0.250. The van der Waals surface area contributed by atoms with Crippen LogP contribution in [0.25, 0.3) is 0 Å². The van der Waals surface area contributed by atoms with Gasteiger partial charge in [-0.05, 0) is 46.1 Å². The van der Waals surface area contributed by atoms with Gasteiger partial charge in [-0.3, -0.25) is 0 Å². The van der Waals surface area contributed by atoms with Crippen molar-refractivity contribution in [1.29, 1.82) is 0 Å². The van der Waals surface area contributed by atoms with E-state index in [1.54, 1.807) is 0 Å². The Morgan fingerprint density at radius 1 is 1.56 bits per heavy atom. The van der Waals surface area contributed by atoms with Gasteiger partial charge in [0.15, 0.2) is 0 Å². The maximum absolute atomic E-state index is 12.0. The standard InChI is InChI=1S/C12H24N2O2/c1-9(8-13)10-6-5-7-14(10)11(15)16-12(2,3)4/h9-10H,5-8,13H2,1-4H3/t9?,10-/m0/s1. The van der Waals surface area contributed by atoms with Crippen LogP contribution in [0, 0.1) is 5.92 Å². The van der Waals surface area contributed by atoms with Crippen LogP contribution in [-0.2, 0) is 4.74 Å². The Morgan fingerprint density at radius 2 is 2.19 bits per heavy atom. The van der Waals surface area contributed by atoms with Gasteiger partial charge in [0, 0.05) is 12.6 Å². The van der Waals surface area contributed by atoms with Crippen LogP contribution >= 0.6 is 0 Å². The van der Waals surface area contributed by atoms with Crippen molar-refractivity contribution in [2.75, 3.05) is 13.1 Å². The fourth-order valence-electron chi connectivity index (χ4n) is 2.09. The molecular formula is C12H24N2O2. The highest BCUT2D eigenvalue weighted by Crippen LogP contribution is 2.25. The van der Waals surface area contributed by atoms with Gasteiger partial charge < -0.3 is 15.4 Å². The highest BCUT2D eigenvalue weighted by Gasteiger charge is 2.34. The van der Waals surface area contributed by atoms with Gasteiger partial charge in [0.2, 0.25) is 0 Å². The summed E-state index contributed by atoms with van der Waals surface area (Å²) in [5.74, 6) is 0.343. The van der Waals surface area contributed by atoms with E-state index in [0.717, 1.165) is 19.4 Å². The first-order valence-electron chi connectivity index (χ1n) is 6.05. The second-order valence-electron chi connectivity index (χ2n) is 5.60. The summed E-state index contributed by atoms with van der Waals surface area (Å²) in [7, 11) is 0. The summed E-state index contributed by atoms with van der Waals surface area (Å²) >= 11 is 0. The van der Waals surface area contributed by atoms with Crippen LogP contribution in [0.3, 0.4) is 0 Å². The van der Waals surface area contributed by atoms with Gasteiger partial charge in [-0.25, -0.2) is 4.79 Å². The zero-order valence-electron chi connectivity index (χ0n) is 10.8. The van der Waals surface area contributed by atoms with E-state index in [1.165, 1.54) is 0 Å². The number of hydrogen-bond acceptors (Lipinski definition) is 3. The Balaban J connectivity index is 2.61. The van der Waals surface area contributed by atoms with Crippen molar-refractivity contribution in [1.82, 2.24) is 4.90 Å². The maximum Gasteiger partial charge on any atom is 0.410 e. The SMILES string of the molecule is CC(CN)[C@@H]1CCCN1C(=O)OC(C)(C)C. The molecule has 1 aliphatic heterocycles. The lowest BCUT2D eigenvalue weighted by atomic mass is 10.0. The highest BCUT2D eigenvalue weighted by atomic mass is 16.6. The van der Waals surface area contributed by atoms with Crippen LogP contribution in [-0.4, -0.2) is 35.7 Å². The second kappa shape index (κ2) is 5.04. The van der Waals surface area contributed by atoms with E-state index in [4.69, 9.17) is 10.5 Å². The van der Waals surface area contributed by atoms with Crippen LogP contribution in [0.4, 0.5) is 4.79 Å². The zero-order chi connectivity index (χ0) is 12.3. The topological polar surface area (TPSA) is 55.6 Å². The van der Waals surface area contributed by atoms with Crippen LogP contribution in [0.1, 0.15) is 40.5 Å². The first kappa shape index (κ1) is 13.3. The zero-order valence-corrected chi connectivity index (χ0v) is 10.8. The number of carbonyl (C=O) groups excluding carboxylic acids is 1. The van der Waals surface area contributed by atoms with Gasteiger partial charge in [-0.2, -0.15) is 0 Å². The highest BCUT2D eigenvalue weighted by molar-refractivity contribution is 5.69. The van der Waals surface area contributed by atoms with Gasteiger partial charge in [0.1, 0.15) is 5.60 Å². The smallest absolute Gasteiger partial charge is 0.410 e. The van der Waals surface area contributed by atoms with Crippen molar-refractivity contribution in [3.8, 4) is 0 Å².